The van der Waals surface area contributed by atoms with Crippen molar-refractivity contribution in [3.63, 3.8) is 0 Å². The van der Waals surface area contributed by atoms with E-state index in [-0.39, 0.29) is 27.6 Å². The zero-order valence-electron chi connectivity index (χ0n) is 24.9. The number of hydrogen-bond acceptors (Lipinski definition) is 3. The maximum atomic E-state index is 12.3. The molecule has 0 aliphatic heterocycles. The molecule has 198 valence electrons. The number of carbonyl (C=O) groups excluding carboxylic acids is 1. The molecule has 0 bridgehead atoms. The number of aromatic hydroxyl groups is 1. The van der Waals surface area contributed by atoms with Crippen LogP contribution in [0.5, 0.6) is 11.5 Å². The van der Waals surface area contributed by atoms with Crippen LogP contribution in [0.15, 0.2) is 36.9 Å². The number of ether oxygens (including phenoxy) is 1. The maximum absolute atomic E-state index is 12.3. The number of phenols is 1. The van der Waals surface area contributed by atoms with Gasteiger partial charge in [-0.05, 0) is 56.0 Å². The number of hydrogen-bond donors (Lipinski definition) is 1. The molecule has 0 heterocycles. The van der Waals surface area contributed by atoms with Crippen molar-refractivity contribution >= 4 is 5.97 Å². The molecule has 3 heteroatoms. The molecule has 1 atom stereocenters. The topological polar surface area (TPSA) is 46.5 Å². The van der Waals surface area contributed by atoms with E-state index in [1.807, 2.05) is 12.1 Å². The number of rotatable bonds is 4. The monoisotopic (exact) mass is 492 g/mol. The number of benzene rings is 2. The first kappa shape index (κ1) is 29.7. The van der Waals surface area contributed by atoms with Gasteiger partial charge >= 0.3 is 5.97 Å². The SMILES string of the molecule is C=CC(=O)Oc1ccc(C(C)(C)C)c(C(C)c2c(C(C)(C)C)ccc(O)c2C(C)(C)C)c1C(C)(C)C. The fraction of sp³-hybridized carbons (Fsp3) is 0.545. The lowest BCUT2D eigenvalue weighted by Crippen LogP contribution is -2.27. The minimum absolute atomic E-state index is 0.0635. The molecular formula is C33H48O3. The average molecular weight is 493 g/mol. The lowest BCUT2D eigenvalue weighted by Gasteiger charge is -2.38. The van der Waals surface area contributed by atoms with Gasteiger partial charge in [-0.25, -0.2) is 4.79 Å². The van der Waals surface area contributed by atoms with E-state index in [0.29, 0.717) is 11.5 Å². The van der Waals surface area contributed by atoms with Crippen LogP contribution < -0.4 is 4.74 Å². The third-order valence-electron chi connectivity index (χ3n) is 6.79. The van der Waals surface area contributed by atoms with Gasteiger partial charge in [0.25, 0.3) is 0 Å². The molecule has 2 rings (SSSR count). The molecule has 0 amide bonds. The van der Waals surface area contributed by atoms with Crippen LogP contribution in [-0.4, -0.2) is 11.1 Å². The van der Waals surface area contributed by atoms with Gasteiger partial charge in [0.15, 0.2) is 0 Å². The number of esters is 1. The van der Waals surface area contributed by atoms with E-state index in [4.69, 9.17) is 4.74 Å². The van der Waals surface area contributed by atoms with Crippen LogP contribution in [0.1, 0.15) is 129 Å². The molecule has 0 aliphatic carbocycles. The predicted octanol–water partition coefficient (Wildman–Crippen LogP) is 8.83. The summed E-state index contributed by atoms with van der Waals surface area (Å²) in [4.78, 5) is 12.3. The first-order chi connectivity index (χ1) is 16.1. The third kappa shape index (κ3) is 6.05. The molecule has 2 aromatic rings. The van der Waals surface area contributed by atoms with Crippen molar-refractivity contribution in [3.8, 4) is 11.5 Å². The first-order valence-corrected chi connectivity index (χ1v) is 13.0. The quantitative estimate of drug-likeness (QED) is 0.263. The van der Waals surface area contributed by atoms with Gasteiger partial charge in [0, 0.05) is 23.1 Å². The predicted molar refractivity (Wildman–Crippen MR) is 153 cm³/mol. The largest absolute Gasteiger partial charge is 0.508 e. The molecule has 1 unspecified atom stereocenters. The molecule has 0 radical (unpaired) electrons. The van der Waals surface area contributed by atoms with Gasteiger partial charge in [0.1, 0.15) is 11.5 Å². The molecule has 0 saturated carbocycles. The Labute approximate surface area is 220 Å². The second-order valence-electron chi connectivity index (χ2n) is 14.2. The van der Waals surface area contributed by atoms with Crippen LogP contribution >= 0.6 is 0 Å². The highest BCUT2D eigenvalue weighted by Crippen LogP contribution is 2.50. The molecule has 0 aromatic heterocycles. The fourth-order valence-corrected chi connectivity index (χ4v) is 5.36. The van der Waals surface area contributed by atoms with E-state index in [0.717, 1.165) is 22.3 Å². The van der Waals surface area contributed by atoms with E-state index in [1.165, 1.54) is 17.2 Å². The zero-order valence-corrected chi connectivity index (χ0v) is 24.9. The molecule has 36 heavy (non-hydrogen) atoms. The van der Waals surface area contributed by atoms with Crippen molar-refractivity contribution < 1.29 is 14.6 Å². The molecule has 0 aliphatic rings. The van der Waals surface area contributed by atoms with E-state index in [9.17, 15) is 9.90 Å². The summed E-state index contributed by atoms with van der Waals surface area (Å²) in [5, 5.41) is 11.2. The van der Waals surface area contributed by atoms with Gasteiger partial charge in [-0.15, -0.1) is 0 Å². The number of phenolic OH excluding ortho intramolecular Hbond substituents is 1. The molecule has 0 fully saturated rings. The fourth-order valence-electron chi connectivity index (χ4n) is 5.36. The molecular weight excluding hydrogens is 444 g/mol. The van der Waals surface area contributed by atoms with Crippen molar-refractivity contribution in [3.05, 3.63) is 70.3 Å². The van der Waals surface area contributed by atoms with Gasteiger partial charge in [-0.2, -0.15) is 0 Å². The smallest absolute Gasteiger partial charge is 0.335 e. The van der Waals surface area contributed by atoms with Crippen molar-refractivity contribution in [2.75, 3.05) is 0 Å². The summed E-state index contributed by atoms with van der Waals surface area (Å²) in [5.41, 5.74) is 5.86. The zero-order chi connectivity index (χ0) is 28.0. The summed E-state index contributed by atoms with van der Waals surface area (Å²) < 4.78 is 5.83. The highest BCUT2D eigenvalue weighted by molar-refractivity contribution is 5.84. The Bertz CT molecular complexity index is 1140. The lowest BCUT2D eigenvalue weighted by atomic mass is 9.66. The molecule has 2 aromatic carbocycles. The Hall–Kier alpha value is -2.55. The second kappa shape index (κ2) is 9.72. The van der Waals surface area contributed by atoms with Crippen LogP contribution in [-0.2, 0) is 26.5 Å². The van der Waals surface area contributed by atoms with Crippen molar-refractivity contribution in [2.45, 2.75) is 118 Å². The van der Waals surface area contributed by atoms with E-state index in [1.54, 1.807) is 0 Å². The third-order valence-corrected chi connectivity index (χ3v) is 6.79. The second-order valence-corrected chi connectivity index (χ2v) is 14.2. The standard InChI is InChI=1S/C33H48O3/c1-15-25(35)36-24-19-17-22(31(6,7)8)27(29(24)33(12,13)14)20(2)26-21(30(3,4)5)16-18-23(34)28(26)32(9,10)11/h15-20,34H,1H2,2-14H3. The van der Waals surface area contributed by atoms with Crippen LogP contribution in [0.4, 0.5) is 0 Å². The van der Waals surface area contributed by atoms with Crippen LogP contribution in [0.25, 0.3) is 0 Å². The molecule has 3 nitrogen and oxygen atoms in total. The Balaban J connectivity index is 3.18. The van der Waals surface area contributed by atoms with Crippen LogP contribution in [0.3, 0.4) is 0 Å². The normalized spacial score (nSPS) is 13.9. The minimum Gasteiger partial charge on any atom is -0.508 e. The van der Waals surface area contributed by atoms with Gasteiger partial charge < -0.3 is 9.84 Å². The first-order valence-electron chi connectivity index (χ1n) is 13.0. The van der Waals surface area contributed by atoms with Crippen molar-refractivity contribution in [1.29, 1.82) is 0 Å². The lowest BCUT2D eigenvalue weighted by molar-refractivity contribution is -0.129. The van der Waals surface area contributed by atoms with Gasteiger partial charge in [-0.1, -0.05) is 109 Å². The van der Waals surface area contributed by atoms with Crippen LogP contribution in [0, 0.1) is 0 Å². The van der Waals surface area contributed by atoms with Gasteiger partial charge in [0.05, 0.1) is 0 Å². The summed E-state index contributed by atoms with van der Waals surface area (Å²) in [6, 6.07) is 7.94. The Kier molecular flexibility index (Phi) is 8.02. The summed E-state index contributed by atoms with van der Waals surface area (Å²) in [6.45, 7) is 32.1. The molecule has 0 spiro atoms. The van der Waals surface area contributed by atoms with E-state index >= 15 is 0 Å². The average Bonchev–Trinajstić information content (AvgIpc) is 2.68. The van der Waals surface area contributed by atoms with Gasteiger partial charge in [-0.3, -0.25) is 0 Å². The van der Waals surface area contributed by atoms with Crippen molar-refractivity contribution in [1.82, 2.24) is 0 Å². The highest BCUT2D eigenvalue weighted by Gasteiger charge is 2.37. The van der Waals surface area contributed by atoms with E-state index in [2.05, 4.69) is 109 Å². The summed E-state index contributed by atoms with van der Waals surface area (Å²) in [7, 11) is 0. The van der Waals surface area contributed by atoms with Gasteiger partial charge in [0.2, 0.25) is 0 Å². The summed E-state index contributed by atoms with van der Waals surface area (Å²) in [5.74, 6) is 0.357. The number of carbonyl (C=O) groups is 1. The summed E-state index contributed by atoms with van der Waals surface area (Å²) >= 11 is 0. The highest BCUT2D eigenvalue weighted by atomic mass is 16.5. The maximum Gasteiger partial charge on any atom is 0.335 e. The van der Waals surface area contributed by atoms with E-state index < -0.39 is 5.97 Å². The molecule has 0 saturated heterocycles. The Morgan fingerprint density at radius 2 is 1.17 bits per heavy atom. The Morgan fingerprint density at radius 1 is 0.750 bits per heavy atom. The van der Waals surface area contributed by atoms with Crippen LogP contribution in [0.2, 0.25) is 0 Å². The molecule has 1 N–H and O–H groups in total. The minimum atomic E-state index is -0.467. The van der Waals surface area contributed by atoms with Crippen molar-refractivity contribution in [2.24, 2.45) is 0 Å². The Morgan fingerprint density at radius 3 is 1.56 bits per heavy atom. The summed E-state index contributed by atoms with van der Waals surface area (Å²) in [6.07, 6.45) is 1.21.